The zero-order valence-electron chi connectivity index (χ0n) is 18.0. The van der Waals surface area contributed by atoms with E-state index in [9.17, 15) is 35.5 Å². The lowest BCUT2D eigenvalue weighted by atomic mass is 10.0. The van der Waals surface area contributed by atoms with Gasteiger partial charge in [-0.1, -0.05) is 11.8 Å². The van der Waals surface area contributed by atoms with Gasteiger partial charge in [0, 0.05) is 18.8 Å². The van der Waals surface area contributed by atoms with Gasteiger partial charge in [-0.15, -0.1) is 5.06 Å². The summed E-state index contributed by atoms with van der Waals surface area (Å²) < 4.78 is 91.9. The van der Waals surface area contributed by atoms with Crippen molar-refractivity contribution in [2.45, 2.75) is 24.1 Å². The highest BCUT2D eigenvalue weighted by Crippen LogP contribution is 2.36. The first kappa shape index (κ1) is 26.4. The molecular weight excluding hydrogens is 503 g/mol. The van der Waals surface area contributed by atoms with Crippen LogP contribution in [-0.4, -0.2) is 34.3 Å². The predicted octanol–water partition coefficient (Wildman–Crippen LogP) is 6.25. The number of rotatable bonds is 6. The average molecular weight is 519 g/mol. The Morgan fingerprint density at radius 1 is 1.00 bits per heavy atom. The minimum atomic E-state index is -5.01. The average Bonchev–Trinajstić information content (AvgIpc) is 2.77. The smallest absolute Gasteiger partial charge is 0.364 e. The Morgan fingerprint density at radius 3 is 2.09 bits per heavy atom. The number of hydroxylamine groups is 2. The topological polar surface area (TPSA) is 55.3 Å². The minimum Gasteiger partial charge on any atom is -0.364 e. The fourth-order valence-corrected chi connectivity index (χ4v) is 3.37. The summed E-state index contributed by atoms with van der Waals surface area (Å²) in [6.45, 7) is -0.575. The van der Waals surface area contributed by atoms with Crippen LogP contribution in [0.1, 0.15) is 27.0 Å². The van der Waals surface area contributed by atoms with Crippen LogP contribution in [0.5, 0.6) is 0 Å². The SMILES string of the molecule is CSc1ncc(C(=O)ON(C)Cc2cc(C(F)(F)F)cc(C(F)(F)F)c2)c(-c2ccc(F)cc2)n1. The van der Waals surface area contributed by atoms with Crippen molar-refractivity contribution < 1.29 is 40.4 Å². The molecule has 186 valence electrons. The number of nitrogens with zero attached hydrogens (tertiary/aromatic N) is 3. The first-order valence-corrected chi connectivity index (χ1v) is 10.9. The second kappa shape index (κ2) is 10.2. The van der Waals surface area contributed by atoms with Gasteiger partial charge in [0.25, 0.3) is 0 Å². The number of carbonyl (C=O) groups excluding carboxylic acids is 1. The van der Waals surface area contributed by atoms with E-state index in [2.05, 4.69) is 9.97 Å². The molecule has 0 unspecified atom stereocenters. The number of benzene rings is 2. The lowest BCUT2D eigenvalue weighted by Gasteiger charge is -2.19. The van der Waals surface area contributed by atoms with Crippen molar-refractivity contribution in [3.63, 3.8) is 0 Å². The molecule has 0 aliphatic rings. The molecule has 0 amide bonds. The van der Waals surface area contributed by atoms with Crippen LogP contribution >= 0.6 is 11.8 Å². The van der Waals surface area contributed by atoms with Crippen molar-refractivity contribution in [2.24, 2.45) is 0 Å². The van der Waals surface area contributed by atoms with E-state index in [-0.39, 0.29) is 22.9 Å². The Balaban J connectivity index is 1.87. The first-order valence-electron chi connectivity index (χ1n) is 9.66. The van der Waals surface area contributed by atoms with Gasteiger partial charge in [-0.25, -0.2) is 19.2 Å². The van der Waals surface area contributed by atoms with E-state index in [0.717, 1.165) is 17.2 Å². The summed E-state index contributed by atoms with van der Waals surface area (Å²) in [5.41, 5.74) is -3.01. The third-order valence-electron chi connectivity index (χ3n) is 4.58. The maximum Gasteiger partial charge on any atom is 0.416 e. The molecule has 0 atom stereocenters. The summed E-state index contributed by atoms with van der Waals surface area (Å²) >= 11 is 1.18. The van der Waals surface area contributed by atoms with Crippen LogP contribution in [0.4, 0.5) is 30.7 Å². The Labute approximate surface area is 198 Å². The second-order valence-corrected chi connectivity index (χ2v) is 7.98. The van der Waals surface area contributed by atoms with Crippen molar-refractivity contribution >= 4 is 17.7 Å². The molecule has 1 aromatic heterocycles. The lowest BCUT2D eigenvalue weighted by Crippen LogP contribution is -2.24. The van der Waals surface area contributed by atoms with Crippen molar-refractivity contribution in [3.8, 4) is 11.3 Å². The first-order chi connectivity index (χ1) is 16.3. The van der Waals surface area contributed by atoms with Gasteiger partial charge in [0.1, 0.15) is 11.4 Å². The quantitative estimate of drug-likeness (QED) is 0.166. The van der Waals surface area contributed by atoms with Gasteiger partial charge in [0.2, 0.25) is 0 Å². The molecule has 1 heterocycles. The number of carbonyl (C=O) groups is 1. The molecule has 0 aliphatic carbocycles. The zero-order chi connectivity index (χ0) is 26.0. The largest absolute Gasteiger partial charge is 0.416 e. The fraction of sp³-hybridized carbons (Fsp3) is 0.227. The number of hydrogen-bond donors (Lipinski definition) is 0. The van der Waals surface area contributed by atoms with Gasteiger partial charge in [0.15, 0.2) is 5.16 Å². The molecule has 0 fully saturated rings. The van der Waals surface area contributed by atoms with E-state index in [0.29, 0.717) is 22.9 Å². The summed E-state index contributed by atoms with van der Waals surface area (Å²) in [4.78, 5) is 26.1. The number of thioether (sulfide) groups is 1. The van der Waals surface area contributed by atoms with Crippen LogP contribution in [0.3, 0.4) is 0 Å². The van der Waals surface area contributed by atoms with E-state index in [1.807, 2.05) is 0 Å². The summed E-state index contributed by atoms with van der Waals surface area (Å²) in [7, 11) is 1.17. The molecular formula is C22H16F7N3O2S. The van der Waals surface area contributed by atoms with Crippen molar-refractivity contribution in [1.82, 2.24) is 15.0 Å². The lowest BCUT2D eigenvalue weighted by molar-refractivity contribution is -0.143. The number of hydrogen-bond acceptors (Lipinski definition) is 6. The van der Waals surface area contributed by atoms with Crippen LogP contribution in [-0.2, 0) is 23.7 Å². The number of alkyl halides is 6. The third-order valence-corrected chi connectivity index (χ3v) is 5.14. The predicted molar refractivity (Wildman–Crippen MR) is 113 cm³/mol. The van der Waals surface area contributed by atoms with E-state index >= 15 is 0 Å². The molecule has 35 heavy (non-hydrogen) atoms. The summed E-state index contributed by atoms with van der Waals surface area (Å²) in [6, 6.07) is 6.16. The van der Waals surface area contributed by atoms with Crippen LogP contribution in [0.25, 0.3) is 11.3 Å². The molecule has 0 radical (unpaired) electrons. The van der Waals surface area contributed by atoms with Crippen LogP contribution < -0.4 is 0 Å². The maximum atomic E-state index is 13.3. The molecule has 0 spiro atoms. The van der Waals surface area contributed by atoms with E-state index in [4.69, 9.17) is 4.84 Å². The highest BCUT2D eigenvalue weighted by atomic mass is 32.2. The number of halogens is 7. The fourth-order valence-electron chi connectivity index (χ4n) is 3.03. The Hall–Kier alpha value is -3.19. The monoisotopic (exact) mass is 519 g/mol. The standard InChI is InChI=1S/C22H16F7N3O2S/c1-32(11-12-7-14(21(24,25)26)9-15(8-12)22(27,28)29)34-19(33)17-10-30-20(35-2)31-18(17)13-3-5-16(23)6-4-13/h3-10H,11H2,1-2H3. The summed E-state index contributed by atoms with van der Waals surface area (Å²) in [5, 5.41) is 1.09. The Morgan fingerprint density at radius 2 is 1.57 bits per heavy atom. The van der Waals surface area contributed by atoms with Gasteiger partial charge in [0.05, 0.1) is 23.4 Å². The van der Waals surface area contributed by atoms with Crippen LogP contribution in [0.2, 0.25) is 0 Å². The third kappa shape index (κ3) is 6.69. The van der Waals surface area contributed by atoms with E-state index in [1.165, 1.54) is 37.1 Å². The zero-order valence-corrected chi connectivity index (χ0v) is 18.9. The molecule has 3 rings (SSSR count). The Bertz CT molecular complexity index is 1180. The van der Waals surface area contributed by atoms with E-state index < -0.39 is 41.8 Å². The van der Waals surface area contributed by atoms with Crippen LogP contribution in [0.15, 0.2) is 53.8 Å². The molecule has 2 aromatic carbocycles. The highest BCUT2D eigenvalue weighted by Gasteiger charge is 2.37. The maximum absolute atomic E-state index is 13.3. The molecule has 0 bridgehead atoms. The van der Waals surface area contributed by atoms with E-state index in [1.54, 1.807) is 6.26 Å². The summed E-state index contributed by atoms with van der Waals surface area (Å²) in [5.74, 6) is -1.53. The van der Waals surface area contributed by atoms with Gasteiger partial charge in [-0.05, 0) is 54.3 Å². The van der Waals surface area contributed by atoms with Gasteiger partial charge in [-0.2, -0.15) is 26.3 Å². The van der Waals surface area contributed by atoms with Crippen molar-refractivity contribution in [3.05, 3.63) is 76.7 Å². The molecule has 0 saturated heterocycles. The highest BCUT2D eigenvalue weighted by molar-refractivity contribution is 7.98. The molecule has 0 aliphatic heterocycles. The Kier molecular flexibility index (Phi) is 7.70. The van der Waals surface area contributed by atoms with Gasteiger partial charge < -0.3 is 4.84 Å². The van der Waals surface area contributed by atoms with Gasteiger partial charge >= 0.3 is 18.3 Å². The van der Waals surface area contributed by atoms with Crippen molar-refractivity contribution in [2.75, 3.05) is 13.3 Å². The molecule has 5 nitrogen and oxygen atoms in total. The van der Waals surface area contributed by atoms with Crippen molar-refractivity contribution in [1.29, 1.82) is 0 Å². The minimum absolute atomic E-state index is 0.00904. The second-order valence-electron chi connectivity index (χ2n) is 7.20. The molecule has 13 heteroatoms. The van der Waals surface area contributed by atoms with Gasteiger partial charge in [-0.3, -0.25) is 0 Å². The summed E-state index contributed by atoms with van der Waals surface area (Å²) in [6.07, 6.45) is -7.16. The molecule has 0 N–H and O–H groups in total. The molecule has 0 saturated carbocycles. The normalized spacial score (nSPS) is 12.2. The molecule has 3 aromatic rings. The van der Waals surface area contributed by atoms with Crippen LogP contribution in [0, 0.1) is 5.82 Å². The number of aromatic nitrogens is 2.